The van der Waals surface area contributed by atoms with Crippen LogP contribution in [0.15, 0.2) is 47.6 Å². The molecule has 3 aromatic rings. The quantitative estimate of drug-likeness (QED) is 0.451. The van der Waals surface area contributed by atoms with Crippen molar-refractivity contribution in [1.82, 2.24) is 14.8 Å². The number of hydrogen-bond donors (Lipinski definition) is 2. The van der Waals surface area contributed by atoms with Crippen LogP contribution in [0, 0.1) is 0 Å². The maximum absolute atomic E-state index is 12.4. The fraction of sp³-hybridized carbons (Fsp3) is 0.211. The van der Waals surface area contributed by atoms with Gasteiger partial charge in [0.1, 0.15) is 0 Å². The Morgan fingerprint density at radius 3 is 2.41 bits per heavy atom. The lowest BCUT2D eigenvalue weighted by Crippen LogP contribution is -2.15. The lowest BCUT2D eigenvalue weighted by molar-refractivity contribution is -0.113. The van der Waals surface area contributed by atoms with Gasteiger partial charge in [-0.25, -0.2) is 0 Å². The molecule has 1 aromatic heterocycles. The second-order valence-corrected chi connectivity index (χ2v) is 8.11. The van der Waals surface area contributed by atoms with Crippen molar-refractivity contribution < 1.29 is 9.90 Å². The number of benzene rings is 2. The van der Waals surface area contributed by atoms with Gasteiger partial charge in [-0.3, -0.25) is 4.79 Å². The number of para-hydroxylation sites is 1. The Hall–Kier alpha value is -1.77. The van der Waals surface area contributed by atoms with Crippen LogP contribution in [0.4, 0.5) is 5.69 Å². The van der Waals surface area contributed by atoms with E-state index < -0.39 is 0 Å². The molecule has 0 atom stereocenters. The van der Waals surface area contributed by atoms with Gasteiger partial charge in [-0.2, -0.15) is 0 Å². The van der Waals surface area contributed by atoms with Crippen molar-refractivity contribution in [3.8, 4) is 11.4 Å². The Kier molecular flexibility index (Phi) is 7.80. The highest BCUT2D eigenvalue weighted by Gasteiger charge is 2.18. The first kappa shape index (κ1) is 21.9. The number of nitrogens with one attached hydrogen (secondary N) is 1. The Bertz CT molecular complexity index is 993. The first-order valence-electron chi connectivity index (χ1n) is 8.67. The molecule has 0 saturated heterocycles. The van der Waals surface area contributed by atoms with E-state index in [0.717, 1.165) is 5.56 Å². The minimum atomic E-state index is -0.277. The van der Waals surface area contributed by atoms with Gasteiger partial charge in [0.15, 0.2) is 11.0 Å². The van der Waals surface area contributed by atoms with Gasteiger partial charge >= 0.3 is 0 Å². The van der Waals surface area contributed by atoms with E-state index in [-0.39, 0.29) is 18.3 Å². The van der Waals surface area contributed by atoms with Gasteiger partial charge in [0.25, 0.3) is 0 Å². The van der Waals surface area contributed by atoms with Crippen molar-refractivity contribution in [2.45, 2.75) is 18.1 Å². The predicted octanol–water partition coefficient (Wildman–Crippen LogP) is 5.02. The van der Waals surface area contributed by atoms with Crippen LogP contribution in [-0.4, -0.2) is 38.1 Å². The summed E-state index contributed by atoms with van der Waals surface area (Å²) < 4.78 is 1.85. The second kappa shape index (κ2) is 10.3. The summed E-state index contributed by atoms with van der Waals surface area (Å²) in [6, 6.07) is 12.3. The van der Waals surface area contributed by atoms with Crippen LogP contribution in [0.3, 0.4) is 0 Å². The molecule has 6 nitrogen and oxygen atoms in total. The molecule has 10 heteroatoms. The second-order valence-electron chi connectivity index (χ2n) is 5.95. The zero-order chi connectivity index (χ0) is 20.8. The molecule has 0 bridgehead atoms. The average molecular weight is 472 g/mol. The zero-order valence-electron chi connectivity index (χ0n) is 15.1. The molecule has 152 valence electrons. The summed E-state index contributed by atoms with van der Waals surface area (Å²) in [6.07, 6.45) is 0.518. The van der Waals surface area contributed by atoms with Gasteiger partial charge in [-0.15, -0.1) is 10.2 Å². The molecule has 1 amide bonds. The lowest BCUT2D eigenvalue weighted by atomic mass is 10.2. The zero-order valence-corrected chi connectivity index (χ0v) is 18.2. The minimum absolute atomic E-state index is 0.0236. The average Bonchev–Trinajstić information content (AvgIpc) is 3.10. The third-order valence-corrected chi connectivity index (χ3v) is 5.86. The van der Waals surface area contributed by atoms with Gasteiger partial charge in [-0.1, -0.05) is 64.8 Å². The molecule has 1 heterocycles. The number of thioether (sulfide) groups is 1. The lowest BCUT2D eigenvalue weighted by Gasteiger charge is -2.11. The van der Waals surface area contributed by atoms with Gasteiger partial charge in [0, 0.05) is 18.7 Å². The van der Waals surface area contributed by atoms with E-state index in [4.69, 9.17) is 34.8 Å². The predicted molar refractivity (Wildman–Crippen MR) is 118 cm³/mol. The minimum Gasteiger partial charge on any atom is -0.396 e. The van der Waals surface area contributed by atoms with Crippen molar-refractivity contribution in [2.75, 3.05) is 17.7 Å². The Balaban J connectivity index is 1.77. The normalized spacial score (nSPS) is 10.9. The smallest absolute Gasteiger partial charge is 0.234 e. The number of anilines is 1. The van der Waals surface area contributed by atoms with E-state index in [0.29, 0.717) is 44.7 Å². The molecule has 3 rings (SSSR count). The molecule has 0 aliphatic carbocycles. The van der Waals surface area contributed by atoms with Crippen LogP contribution >= 0.6 is 46.6 Å². The highest BCUT2D eigenvalue weighted by atomic mass is 35.5. The number of aliphatic hydroxyl groups excluding tert-OH is 1. The molecule has 2 aromatic carbocycles. The standard InChI is InChI=1S/C19H17Cl3N4O2S/c20-13-6-2-1-5-12(13)18-24-25-19(26(18)9-4-10-27)29-11-16(28)23-17-14(21)7-3-8-15(17)22/h1-3,5-8,27H,4,9-11H2,(H,23,28). The van der Waals surface area contributed by atoms with Crippen molar-refractivity contribution in [3.63, 3.8) is 0 Å². The number of aliphatic hydroxyl groups is 1. The summed E-state index contributed by atoms with van der Waals surface area (Å²) in [5.41, 5.74) is 1.11. The van der Waals surface area contributed by atoms with Crippen molar-refractivity contribution in [3.05, 3.63) is 57.5 Å². The number of halogens is 3. The van der Waals surface area contributed by atoms with E-state index in [1.165, 1.54) is 11.8 Å². The van der Waals surface area contributed by atoms with Crippen LogP contribution in [0.2, 0.25) is 15.1 Å². The molecule has 0 spiro atoms. The van der Waals surface area contributed by atoms with E-state index in [1.807, 2.05) is 22.8 Å². The molecule has 29 heavy (non-hydrogen) atoms. The number of amides is 1. The third-order valence-electron chi connectivity index (χ3n) is 3.93. The molecule has 0 saturated carbocycles. The van der Waals surface area contributed by atoms with E-state index >= 15 is 0 Å². The number of hydrogen-bond acceptors (Lipinski definition) is 5. The number of carbonyl (C=O) groups is 1. The molecule has 0 fully saturated rings. The topological polar surface area (TPSA) is 80.0 Å². The first-order chi connectivity index (χ1) is 14.0. The summed E-state index contributed by atoms with van der Waals surface area (Å²) in [4.78, 5) is 12.4. The summed E-state index contributed by atoms with van der Waals surface area (Å²) in [5, 5.41) is 22.2. The summed E-state index contributed by atoms with van der Waals surface area (Å²) in [5.74, 6) is 0.392. The van der Waals surface area contributed by atoms with Crippen LogP contribution in [0.25, 0.3) is 11.4 Å². The molecule has 0 unspecified atom stereocenters. The fourth-order valence-corrected chi connectivity index (χ4v) is 4.07. The van der Waals surface area contributed by atoms with Crippen molar-refractivity contribution >= 4 is 58.2 Å². The van der Waals surface area contributed by atoms with Crippen molar-refractivity contribution in [2.24, 2.45) is 0 Å². The Morgan fingerprint density at radius 2 is 1.72 bits per heavy atom. The number of aromatic nitrogens is 3. The van der Waals surface area contributed by atoms with Crippen LogP contribution in [-0.2, 0) is 11.3 Å². The van der Waals surface area contributed by atoms with Crippen LogP contribution < -0.4 is 5.32 Å². The van der Waals surface area contributed by atoms with Crippen molar-refractivity contribution in [1.29, 1.82) is 0 Å². The Labute approximate surface area is 187 Å². The third kappa shape index (κ3) is 5.43. The first-order valence-corrected chi connectivity index (χ1v) is 10.8. The van der Waals surface area contributed by atoms with Crippen LogP contribution in [0.5, 0.6) is 0 Å². The monoisotopic (exact) mass is 470 g/mol. The number of carbonyl (C=O) groups excluding carboxylic acids is 1. The van der Waals surface area contributed by atoms with Gasteiger partial charge < -0.3 is 15.0 Å². The van der Waals surface area contributed by atoms with Gasteiger partial charge in [0.2, 0.25) is 5.91 Å². The maximum Gasteiger partial charge on any atom is 0.234 e. The molecule has 0 radical (unpaired) electrons. The summed E-state index contributed by atoms with van der Waals surface area (Å²) in [6.45, 7) is 0.514. The van der Waals surface area contributed by atoms with Crippen LogP contribution in [0.1, 0.15) is 6.42 Å². The highest BCUT2D eigenvalue weighted by molar-refractivity contribution is 7.99. The van der Waals surface area contributed by atoms with E-state index in [9.17, 15) is 9.90 Å². The summed E-state index contributed by atoms with van der Waals surface area (Å²) >= 11 is 19.7. The highest BCUT2D eigenvalue weighted by Crippen LogP contribution is 2.31. The number of rotatable bonds is 8. The molecule has 0 aliphatic heterocycles. The van der Waals surface area contributed by atoms with Gasteiger partial charge in [-0.05, 0) is 30.7 Å². The van der Waals surface area contributed by atoms with E-state index in [2.05, 4.69) is 15.5 Å². The number of nitrogens with zero attached hydrogens (tertiary/aromatic N) is 3. The molecule has 0 aliphatic rings. The Morgan fingerprint density at radius 1 is 1.03 bits per heavy atom. The van der Waals surface area contributed by atoms with E-state index in [1.54, 1.807) is 24.3 Å². The SMILES string of the molecule is O=C(CSc1nnc(-c2ccccc2Cl)n1CCCO)Nc1c(Cl)cccc1Cl. The molecular formula is C19H17Cl3N4O2S. The largest absolute Gasteiger partial charge is 0.396 e. The summed E-state index contributed by atoms with van der Waals surface area (Å²) in [7, 11) is 0. The van der Waals surface area contributed by atoms with Gasteiger partial charge in [0.05, 0.1) is 26.5 Å². The molecular weight excluding hydrogens is 455 g/mol. The molecule has 2 N–H and O–H groups in total. The fourth-order valence-electron chi connectivity index (χ4n) is 2.59. The maximum atomic E-state index is 12.4.